The number of carboxylic acids is 1. The van der Waals surface area contributed by atoms with Gasteiger partial charge in [0.25, 0.3) is 0 Å². The quantitative estimate of drug-likeness (QED) is 0.823. The Balaban J connectivity index is 2.00. The van der Waals surface area contributed by atoms with Crippen LogP contribution in [0.25, 0.3) is 0 Å². The van der Waals surface area contributed by atoms with Gasteiger partial charge in [-0.3, -0.25) is 4.79 Å². The predicted octanol–water partition coefficient (Wildman–Crippen LogP) is 1.91. The summed E-state index contributed by atoms with van der Waals surface area (Å²) in [6, 6.07) is 3.84. The molecule has 1 aromatic carbocycles. The van der Waals surface area contributed by atoms with Crippen LogP contribution in [-0.2, 0) is 11.3 Å². The first-order chi connectivity index (χ1) is 11.4. The van der Waals surface area contributed by atoms with E-state index in [9.17, 15) is 18.4 Å². The van der Waals surface area contributed by atoms with Gasteiger partial charge < -0.3 is 24.8 Å². The molecule has 9 heteroatoms. The maximum atomic E-state index is 12.4. The topological polar surface area (TPSA) is 88.1 Å². The van der Waals surface area contributed by atoms with Crippen LogP contribution in [0.15, 0.2) is 18.2 Å². The number of halogens is 2. The SMILES string of the molecule is COc1ccc(OC(F)F)c(CNC(=O)N2CCC(C(=O)O)C2)c1. The summed E-state index contributed by atoms with van der Waals surface area (Å²) in [5.74, 6) is -1.14. The molecule has 1 fully saturated rings. The number of hydrogen-bond acceptors (Lipinski definition) is 4. The van der Waals surface area contributed by atoms with E-state index in [0.717, 1.165) is 0 Å². The Bertz CT molecular complexity index is 612. The zero-order chi connectivity index (χ0) is 17.7. The van der Waals surface area contributed by atoms with Crippen LogP contribution in [0.4, 0.5) is 13.6 Å². The molecule has 1 atom stereocenters. The summed E-state index contributed by atoms with van der Waals surface area (Å²) in [5, 5.41) is 11.5. The molecule has 0 saturated carbocycles. The van der Waals surface area contributed by atoms with E-state index in [0.29, 0.717) is 24.3 Å². The van der Waals surface area contributed by atoms with E-state index in [1.165, 1.54) is 30.2 Å². The molecule has 2 rings (SSSR count). The van der Waals surface area contributed by atoms with Gasteiger partial charge in [-0.2, -0.15) is 8.78 Å². The number of rotatable bonds is 6. The van der Waals surface area contributed by atoms with Gasteiger partial charge >= 0.3 is 18.6 Å². The third-order valence-corrected chi connectivity index (χ3v) is 3.74. The largest absolute Gasteiger partial charge is 0.497 e. The Kier molecular flexibility index (Phi) is 5.78. The normalized spacial score (nSPS) is 17.0. The van der Waals surface area contributed by atoms with Crippen LogP contribution in [0.2, 0.25) is 0 Å². The molecule has 0 bridgehead atoms. The minimum atomic E-state index is -2.98. The number of urea groups is 1. The molecule has 1 aromatic rings. The molecule has 1 aliphatic rings. The van der Waals surface area contributed by atoms with Gasteiger partial charge in [0.15, 0.2) is 0 Å². The van der Waals surface area contributed by atoms with Crippen molar-refractivity contribution in [1.82, 2.24) is 10.2 Å². The number of carbonyl (C=O) groups excluding carboxylic acids is 1. The molecule has 7 nitrogen and oxygen atoms in total. The summed E-state index contributed by atoms with van der Waals surface area (Å²) < 4.78 is 34.3. The van der Waals surface area contributed by atoms with E-state index in [4.69, 9.17) is 9.84 Å². The van der Waals surface area contributed by atoms with Crippen LogP contribution in [0.3, 0.4) is 0 Å². The van der Waals surface area contributed by atoms with Crippen molar-refractivity contribution in [3.8, 4) is 11.5 Å². The lowest BCUT2D eigenvalue weighted by Gasteiger charge is -2.18. The first-order valence-electron chi connectivity index (χ1n) is 7.28. The third kappa shape index (κ3) is 4.46. The Morgan fingerprint density at radius 1 is 1.46 bits per heavy atom. The number of nitrogens with one attached hydrogen (secondary N) is 1. The van der Waals surface area contributed by atoms with Crippen molar-refractivity contribution in [2.75, 3.05) is 20.2 Å². The van der Waals surface area contributed by atoms with Crippen molar-refractivity contribution < 1.29 is 33.0 Å². The average molecular weight is 344 g/mol. The number of ether oxygens (including phenoxy) is 2. The Morgan fingerprint density at radius 3 is 2.79 bits per heavy atom. The highest BCUT2D eigenvalue weighted by Gasteiger charge is 2.30. The Labute approximate surface area is 137 Å². The van der Waals surface area contributed by atoms with Crippen LogP contribution in [0.1, 0.15) is 12.0 Å². The molecule has 2 amide bonds. The van der Waals surface area contributed by atoms with Crippen LogP contribution in [0.5, 0.6) is 11.5 Å². The number of hydrogen-bond donors (Lipinski definition) is 2. The number of carboxylic acid groups (broad SMARTS) is 1. The molecular formula is C15H18F2N2O5. The second-order valence-electron chi connectivity index (χ2n) is 5.28. The fourth-order valence-electron chi connectivity index (χ4n) is 2.46. The number of amides is 2. The van der Waals surface area contributed by atoms with Gasteiger partial charge in [-0.05, 0) is 24.6 Å². The number of alkyl halides is 2. The van der Waals surface area contributed by atoms with Crippen LogP contribution in [0, 0.1) is 5.92 Å². The maximum Gasteiger partial charge on any atom is 0.387 e. The van der Waals surface area contributed by atoms with E-state index in [2.05, 4.69) is 10.1 Å². The molecule has 1 unspecified atom stereocenters. The van der Waals surface area contributed by atoms with Crippen molar-refractivity contribution in [1.29, 1.82) is 0 Å². The fraction of sp³-hybridized carbons (Fsp3) is 0.467. The van der Waals surface area contributed by atoms with Crippen molar-refractivity contribution in [2.45, 2.75) is 19.6 Å². The van der Waals surface area contributed by atoms with Gasteiger partial charge in [0, 0.05) is 25.2 Å². The highest BCUT2D eigenvalue weighted by molar-refractivity contribution is 5.77. The van der Waals surface area contributed by atoms with Crippen LogP contribution >= 0.6 is 0 Å². The highest BCUT2D eigenvalue weighted by atomic mass is 19.3. The number of benzene rings is 1. The summed E-state index contributed by atoms with van der Waals surface area (Å²) in [4.78, 5) is 24.4. The molecule has 0 aromatic heterocycles. The van der Waals surface area contributed by atoms with Crippen molar-refractivity contribution in [3.63, 3.8) is 0 Å². The van der Waals surface area contributed by atoms with E-state index in [1.54, 1.807) is 0 Å². The summed E-state index contributed by atoms with van der Waals surface area (Å²) in [6.45, 7) is -2.57. The predicted molar refractivity (Wildman–Crippen MR) is 79.2 cm³/mol. The van der Waals surface area contributed by atoms with Crippen LogP contribution in [-0.4, -0.2) is 48.8 Å². The molecule has 2 N–H and O–H groups in total. The van der Waals surface area contributed by atoms with Crippen molar-refractivity contribution >= 4 is 12.0 Å². The summed E-state index contributed by atoms with van der Waals surface area (Å²) in [7, 11) is 1.43. The zero-order valence-corrected chi connectivity index (χ0v) is 13.0. The smallest absolute Gasteiger partial charge is 0.387 e. The maximum absolute atomic E-state index is 12.4. The van der Waals surface area contributed by atoms with Gasteiger partial charge in [0.1, 0.15) is 11.5 Å². The number of carbonyl (C=O) groups is 2. The Hall–Kier alpha value is -2.58. The van der Waals surface area contributed by atoms with Gasteiger partial charge in [0.05, 0.1) is 13.0 Å². The Morgan fingerprint density at radius 2 is 2.21 bits per heavy atom. The first-order valence-corrected chi connectivity index (χ1v) is 7.28. The second kappa shape index (κ2) is 7.80. The van der Waals surface area contributed by atoms with Gasteiger partial charge in [0.2, 0.25) is 0 Å². The molecule has 0 radical (unpaired) electrons. The van der Waals surface area contributed by atoms with E-state index >= 15 is 0 Å². The minimum absolute atomic E-state index is 0.0493. The standard InChI is InChI=1S/C15H18F2N2O5/c1-23-11-2-3-12(24-14(16)17)10(6-11)7-18-15(22)19-5-4-9(8-19)13(20)21/h2-3,6,9,14H,4-5,7-8H2,1H3,(H,18,22)(H,20,21). The third-order valence-electron chi connectivity index (χ3n) is 3.74. The lowest BCUT2D eigenvalue weighted by molar-refractivity contribution is -0.141. The molecule has 1 aliphatic heterocycles. The summed E-state index contributed by atoms with van der Waals surface area (Å²) in [5.41, 5.74) is 0.331. The number of nitrogens with zero attached hydrogens (tertiary/aromatic N) is 1. The zero-order valence-electron chi connectivity index (χ0n) is 13.0. The van der Waals surface area contributed by atoms with Crippen LogP contribution < -0.4 is 14.8 Å². The summed E-state index contributed by atoms with van der Waals surface area (Å²) in [6.07, 6.45) is 0.391. The molecule has 1 heterocycles. The molecule has 0 aliphatic carbocycles. The molecule has 24 heavy (non-hydrogen) atoms. The monoisotopic (exact) mass is 344 g/mol. The number of methoxy groups -OCH3 is 1. The van der Waals surface area contributed by atoms with Crippen molar-refractivity contribution in [2.24, 2.45) is 5.92 Å². The minimum Gasteiger partial charge on any atom is -0.497 e. The molecular weight excluding hydrogens is 326 g/mol. The van der Waals surface area contributed by atoms with Gasteiger partial charge in [-0.25, -0.2) is 4.79 Å². The molecule has 1 saturated heterocycles. The second-order valence-corrected chi connectivity index (χ2v) is 5.28. The fourth-order valence-corrected chi connectivity index (χ4v) is 2.46. The first kappa shape index (κ1) is 17.8. The number of likely N-dealkylation sites (tertiary alicyclic amines) is 1. The van der Waals surface area contributed by atoms with Gasteiger partial charge in [-0.15, -0.1) is 0 Å². The van der Waals surface area contributed by atoms with Gasteiger partial charge in [-0.1, -0.05) is 0 Å². The number of aliphatic carboxylic acids is 1. The van der Waals surface area contributed by atoms with Crippen molar-refractivity contribution in [3.05, 3.63) is 23.8 Å². The average Bonchev–Trinajstić information content (AvgIpc) is 3.03. The lowest BCUT2D eigenvalue weighted by atomic mass is 10.1. The summed E-state index contributed by atoms with van der Waals surface area (Å²) >= 11 is 0. The highest BCUT2D eigenvalue weighted by Crippen LogP contribution is 2.26. The lowest BCUT2D eigenvalue weighted by Crippen LogP contribution is -2.38. The molecule has 0 spiro atoms. The van der Waals surface area contributed by atoms with E-state index in [-0.39, 0.29) is 18.8 Å². The van der Waals surface area contributed by atoms with E-state index in [1.807, 2.05) is 0 Å². The van der Waals surface area contributed by atoms with E-state index < -0.39 is 24.5 Å². The molecule has 132 valence electrons.